The van der Waals surface area contributed by atoms with Gasteiger partial charge in [-0.2, -0.15) is 4.31 Å². The Hall–Kier alpha value is -3.00. The zero-order valence-corrected chi connectivity index (χ0v) is 18.7. The fourth-order valence-corrected chi connectivity index (χ4v) is 5.62. The quantitative estimate of drug-likeness (QED) is 0.455. The minimum Gasteiger partial charge on any atom is -0.335 e. The molecule has 0 N–H and O–H groups in total. The van der Waals surface area contributed by atoms with Gasteiger partial charge in [-0.15, -0.1) is 0 Å². The van der Waals surface area contributed by atoms with Crippen LogP contribution in [0.3, 0.4) is 0 Å². The monoisotopic (exact) mass is 465 g/mol. The molecule has 1 fully saturated rings. The van der Waals surface area contributed by atoms with E-state index < -0.39 is 10.0 Å². The fourth-order valence-electron chi connectivity index (χ4n) is 3.98. The second kappa shape index (κ2) is 8.16. The van der Waals surface area contributed by atoms with Crippen molar-refractivity contribution in [1.29, 1.82) is 0 Å². The van der Waals surface area contributed by atoms with Crippen molar-refractivity contribution >= 4 is 49.2 Å². The van der Waals surface area contributed by atoms with Gasteiger partial charge < -0.3 is 4.90 Å². The molecular weight excluding hydrogens is 446 g/mol. The summed E-state index contributed by atoms with van der Waals surface area (Å²) in [6, 6.07) is 21.6. The summed E-state index contributed by atoms with van der Waals surface area (Å²) in [4.78, 5) is 19.3. The zero-order valence-electron chi connectivity index (χ0n) is 17.1. The van der Waals surface area contributed by atoms with E-state index in [9.17, 15) is 13.2 Å². The Bertz CT molecular complexity index is 1450. The van der Waals surface area contributed by atoms with E-state index in [0.29, 0.717) is 23.8 Å². The highest BCUT2D eigenvalue weighted by molar-refractivity contribution is 7.89. The molecule has 0 bridgehead atoms. The van der Waals surface area contributed by atoms with Gasteiger partial charge in [-0.25, -0.2) is 13.4 Å². The van der Waals surface area contributed by atoms with Crippen LogP contribution in [0.2, 0.25) is 5.02 Å². The van der Waals surface area contributed by atoms with Gasteiger partial charge in [0.1, 0.15) is 5.69 Å². The van der Waals surface area contributed by atoms with E-state index in [0.717, 1.165) is 21.7 Å². The van der Waals surface area contributed by atoms with E-state index in [2.05, 4.69) is 4.98 Å². The number of rotatable bonds is 3. The maximum Gasteiger partial charge on any atom is 0.272 e. The molecule has 6 nitrogen and oxygen atoms in total. The summed E-state index contributed by atoms with van der Waals surface area (Å²) in [5.74, 6) is -0.185. The van der Waals surface area contributed by atoms with E-state index in [1.807, 2.05) is 36.4 Å². The first-order chi connectivity index (χ1) is 15.4. The van der Waals surface area contributed by atoms with Crippen molar-refractivity contribution in [3.63, 3.8) is 0 Å². The molecule has 0 spiro atoms. The number of hydrogen-bond donors (Lipinski definition) is 0. The Kier molecular flexibility index (Phi) is 5.33. The predicted octanol–water partition coefficient (Wildman–Crippen LogP) is 4.19. The van der Waals surface area contributed by atoms with Crippen molar-refractivity contribution in [3.8, 4) is 0 Å². The first kappa shape index (κ1) is 20.9. The van der Waals surface area contributed by atoms with E-state index in [-0.39, 0.29) is 23.9 Å². The minimum absolute atomic E-state index is 0.185. The van der Waals surface area contributed by atoms with Crippen molar-refractivity contribution in [1.82, 2.24) is 14.2 Å². The molecule has 0 aliphatic carbocycles. The molecule has 0 saturated carbocycles. The van der Waals surface area contributed by atoms with Gasteiger partial charge in [0.2, 0.25) is 10.0 Å². The highest BCUT2D eigenvalue weighted by Gasteiger charge is 2.31. The highest BCUT2D eigenvalue weighted by atomic mass is 35.5. The summed E-state index contributed by atoms with van der Waals surface area (Å²) >= 11 is 6.02. The molecule has 32 heavy (non-hydrogen) atoms. The molecule has 0 atom stereocenters. The number of carbonyl (C=O) groups excluding carboxylic acids is 1. The van der Waals surface area contributed by atoms with E-state index in [1.165, 1.54) is 4.31 Å². The molecule has 1 amide bonds. The summed E-state index contributed by atoms with van der Waals surface area (Å²) in [6.45, 7) is 1.10. The maximum atomic E-state index is 13.2. The lowest BCUT2D eigenvalue weighted by molar-refractivity contribution is 0.0692. The number of pyridine rings is 1. The molecule has 3 aromatic carbocycles. The van der Waals surface area contributed by atoms with Gasteiger partial charge in [-0.3, -0.25) is 4.79 Å². The normalized spacial score (nSPS) is 15.3. The van der Waals surface area contributed by atoms with Crippen LogP contribution in [0, 0.1) is 0 Å². The molecule has 0 unspecified atom stereocenters. The third-order valence-corrected chi connectivity index (χ3v) is 7.88. The molecule has 1 aromatic heterocycles. The lowest BCUT2D eigenvalue weighted by Gasteiger charge is -2.33. The zero-order chi connectivity index (χ0) is 22.3. The van der Waals surface area contributed by atoms with Crippen LogP contribution in [-0.2, 0) is 10.0 Å². The third-order valence-electron chi connectivity index (χ3n) is 5.75. The SMILES string of the molecule is O=C(c1ccc2ccccc2n1)N1CCN(S(=O)(=O)c2ccc3cc(Cl)ccc3c2)CC1. The van der Waals surface area contributed by atoms with E-state index in [1.54, 1.807) is 41.3 Å². The van der Waals surface area contributed by atoms with E-state index in [4.69, 9.17) is 11.6 Å². The number of carbonyl (C=O) groups is 1. The average molecular weight is 466 g/mol. The molecule has 2 heterocycles. The Morgan fingerprint density at radius 1 is 0.812 bits per heavy atom. The molecule has 8 heteroatoms. The topological polar surface area (TPSA) is 70.6 Å². The Morgan fingerprint density at radius 3 is 2.31 bits per heavy atom. The number of piperazine rings is 1. The third kappa shape index (κ3) is 3.83. The summed E-state index contributed by atoms with van der Waals surface area (Å²) in [5.41, 5.74) is 1.13. The number of para-hydroxylation sites is 1. The summed E-state index contributed by atoms with van der Waals surface area (Å²) < 4.78 is 27.8. The first-order valence-corrected chi connectivity index (χ1v) is 12.1. The average Bonchev–Trinajstić information content (AvgIpc) is 2.83. The smallest absolute Gasteiger partial charge is 0.272 e. The number of fused-ring (bicyclic) bond motifs is 2. The van der Waals surface area contributed by atoms with Gasteiger partial charge in [0.15, 0.2) is 0 Å². The van der Waals surface area contributed by atoms with Crippen molar-refractivity contribution < 1.29 is 13.2 Å². The Balaban J connectivity index is 1.32. The van der Waals surface area contributed by atoms with Crippen LogP contribution in [0.4, 0.5) is 0 Å². The van der Waals surface area contributed by atoms with Crippen molar-refractivity contribution in [2.24, 2.45) is 0 Å². The second-order valence-corrected chi connectivity index (χ2v) is 10.1. The lowest BCUT2D eigenvalue weighted by Crippen LogP contribution is -2.50. The molecule has 1 saturated heterocycles. The number of aromatic nitrogens is 1. The number of amides is 1. The van der Waals surface area contributed by atoms with Crippen molar-refractivity contribution in [3.05, 3.63) is 83.5 Å². The summed E-state index contributed by atoms with van der Waals surface area (Å²) in [7, 11) is -3.66. The first-order valence-electron chi connectivity index (χ1n) is 10.3. The summed E-state index contributed by atoms with van der Waals surface area (Å²) in [5, 5.41) is 3.27. The van der Waals surface area contributed by atoms with Crippen LogP contribution in [-0.4, -0.2) is 54.7 Å². The van der Waals surface area contributed by atoms with Gasteiger partial charge in [0, 0.05) is 36.6 Å². The van der Waals surface area contributed by atoms with Gasteiger partial charge in [0.25, 0.3) is 5.91 Å². The highest BCUT2D eigenvalue weighted by Crippen LogP contribution is 2.25. The maximum absolute atomic E-state index is 13.2. The van der Waals surface area contributed by atoms with Gasteiger partial charge in [0.05, 0.1) is 10.4 Å². The standard InChI is InChI=1S/C24H20ClN3O3S/c25-20-8-5-19-16-21(9-6-18(19)15-20)32(30,31)28-13-11-27(12-14-28)24(29)23-10-7-17-3-1-2-4-22(17)26-23/h1-10,15-16H,11-14H2. The van der Waals surface area contributed by atoms with Crippen LogP contribution in [0.5, 0.6) is 0 Å². The molecule has 1 aliphatic heterocycles. The number of nitrogens with zero attached hydrogens (tertiary/aromatic N) is 3. The molecular formula is C24H20ClN3O3S. The largest absolute Gasteiger partial charge is 0.335 e. The number of benzene rings is 3. The van der Waals surface area contributed by atoms with Crippen LogP contribution in [0.25, 0.3) is 21.7 Å². The molecule has 0 radical (unpaired) electrons. The number of hydrogen-bond acceptors (Lipinski definition) is 4. The number of sulfonamides is 1. The minimum atomic E-state index is -3.66. The van der Waals surface area contributed by atoms with Crippen LogP contribution >= 0.6 is 11.6 Å². The Morgan fingerprint density at radius 2 is 1.50 bits per heavy atom. The van der Waals surface area contributed by atoms with Gasteiger partial charge in [-0.05, 0) is 47.2 Å². The second-order valence-electron chi connectivity index (χ2n) is 7.74. The van der Waals surface area contributed by atoms with Gasteiger partial charge in [-0.1, -0.05) is 48.0 Å². The predicted molar refractivity (Wildman–Crippen MR) is 125 cm³/mol. The molecule has 5 rings (SSSR count). The van der Waals surface area contributed by atoms with Crippen molar-refractivity contribution in [2.75, 3.05) is 26.2 Å². The van der Waals surface area contributed by atoms with Crippen LogP contribution in [0.1, 0.15) is 10.5 Å². The number of halogens is 1. The van der Waals surface area contributed by atoms with Gasteiger partial charge >= 0.3 is 0 Å². The Labute approximate surface area is 191 Å². The van der Waals surface area contributed by atoms with Crippen LogP contribution in [0.15, 0.2) is 77.7 Å². The van der Waals surface area contributed by atoms with Crippen LogP contribution < -0.4 is 0 Å². The fraction of sp³-hybridized carbons (Fsp3) is 0.167. The summed E-state index contributed by atoms with van der Waals surface area (Å²) in [6.07, 6.45) is 0. The van der Waals surface area contributed by atoms with E-state index >= 15 is 0 Å². The molecule has 162 valence electrons. The lowest BCUT2D eigenvalue weighted by atomic mass is 10.1. The molecule has 1 aliphatic rings. The van der Waals surface area contributed by atoms with Crippen molar-refractivity contribution in [2.45, 2.75) is 4.90 Å². The molecule has 4 aromatic rings.